The second-order valence-corrected chi connectivity index (χ2v) is 5.54. The van der Waals surface area contributed by atoms with E-state index in [4.69, 9.17) is 10.5 Å². The van der Waals surface area contributed by atoms with Gasteiger partial charge in [-0.3, -0.25) is 4.90 Å². The Bertz CT molecular complexity index is 410. The first kappa shape index (κ1) is 15.1. The zero-order valence-electron chi connectivity index (χ0n) is 11.9. The summed E-state index contributed by atoms with van der Waals surface area (Å²) in [4.78, 5) is 2.14. The fraction of sp³-hybridized carbons (Fsp3) is 0.600. The molecule has 0 amide bonds. The van der Waals surface area contributed by atoms with Crippen molar-refractivity contribution in [3.05, 3.63) is 24.3 Å². The van der Waals surface area contributed by atoms with Crippen LogP contribution in [0.25, 0.3) is 0 Å². The summed E-state index contributed by atoms with van der Waals surface area (Å²) in [5.41, 5.74) is 6.29. The van der Waals surface area contributed by atoms with Gasteiger partial charge in [0.25, 0.3) is 0 Å². The molecule has 0 saturated carbocycles. The SMILES string of the molecule is CC1CCN(CC(O)COc2ccc(N)cc2)C1CO. The number of β-amino-alcohol motifs (C(OH)–C–C–N with tert-alkyl or cyclic N) is 1. The van der Waals surface area contributed by atoms with Gasteiger partial charge in [-0.05, 0) is 43.1 Å². The highest BCUT2D eigenvalue weighted by molar-refractivity contribution is 5.41. The van der Waals surface area contributed by atoms with E-state index < -0.39 is 6.10 Å². The van der Waals surface area contributed by atoms with Crippen molar-refractivity contribution < 1.29 is 14.9 Å². The standard InChI is InChI=1S/C15H24N2O3/c1-11-6-7-17(15(11)9-18)8-13(19)10-20-14-4-2-12(16)3-5-14/h2-5,11,13,15,18-19H,6-10,16H2,1H3. The maximum absolute atomic E-state index is 10.1. The molecule has 20 heavy (non-hydrogen) atoms. The van der Waals surface area contributed by atoms with Crippen LogP contribution in [0, 0.1) is 5.92 Å². The third-order valence-electron chi connectivity index (χ3n) is 3.95. The van der Waals surface area contributed by atoms with Crippen molar-refractivity contribution in [3.8, 4) is 5.75 Å². The number of aliphatic hydroxyl groups excluding tert-OH is 2. The maximum atomic E-state index is 10.1. The fourth-order valence-electron chi connectivity index (χ4n) is 2.69. The summed E-state index contributed by atoms with van der Waals surface area (Å²) < 4.78 is 5.53. The number of rotatable bonds is 6. The first-order chi connectivity index (χ1) is 9.60. The molecule has 1 aromatic carbocycles. The minimum absolute atomic E-state index is 0.146. The van der Waals surface area contributed by atoms with E-state index in [1.54, 1.807) is 24.3 Å². The van der Waals surface area contributed by atoms with E-state index in [0.717, 1.165) is 13.0 Å². The molecule has 4 N–H and O–H groups in total. The van der Waals surface area contributed by atoms with Gasteiger partial charge in [-0.2, -0.15) is 0 Å². The second kappa shape index (κ2) is 6.92. The number of ether oxygens (including phenoxy) is 1. The molecular formula is C15H24N2O3. The largest absolute Gasteiger partial charge is 0.491 e. The van der Waals surface area contributed by atoms with Gasteiger partial charge >= 0.3 is 0 Å². The number of aliphatic hydroxyl groups is 2. The van der Waals surface area contributed by atoms with Gasteiger partial charge in [-0.25, -0.2) is 0 Å². The van der Waals surface area contributed by atoms with E-state index in [1.165, 1.54) is 0 Å². The van der Waals surface area contributed by atoms with Gasteiger partial charge in [-0.15, -0.1) is 0 Å². The molecule has 1 aliphatic rings. The van der Waals surface area contributed by atoms with E-state index in [2.05, 4.69) is 11.8 Å². The molecule has 0 radical (unpaired) electrons. The van der Waals surface area contributed by atoms with Gasteiger partial charge in [-0.1, -0.05) is 6.92 Å². The van der Waals surface area contributed by atoms with Crippen LogP contribution in [0.15, 0.2) is 24.3 Å². The summed E-state index contributed by atoms with van der Waals surface area (Å²) in [7, 11) is 0. The Hall–Kier alpha value is -1.30. The first-order valence-corrected chi connectivity index (χ1v) is 7.11. The molecule has 5 heteroatoms. The highest BCUT2D eigenvalue weighted by atomic mass is 16.5. The number of hydrogen-bond acceptors (Lipinski definition) is 5. The fourth-order valence-corrected chi connectivity index (χ4v) is 2.69. The van der Waals surface area contributed by atoms with E-state index in [1.807, 2.05) is 0 Å². The number of nitrogen functional groups attached to an aromatic ring is 1. The van der Waals surface area contributed by atoms with Crippen LogP contribution in [0.3, 0.4) is 0 Å². The number of nitrogens with two attached hydrogens (primary N) is 1. The van der Waals surface area contributed by atoms with Gasteiger partial charge < -0.3 is 20.7 Å². The molecule has 1 fully saturated rings. The molecule has 0 bridgehead atoms. The number of benzene rings is 1. The van der Waals surface area contributed by atoms with Crippen molar-refractivity contribution in [1.29, 1.82) is 0 Å². The highest BCUT2D eigenvalue weighted by Gasteiger charge is 2.31. The lowest BCUT2D eigenvalue weighted by Gasteiger charge is -2.27. The van der Waals surface area contributed by atoms with E-state index >= 15 is 0 Å². The van der Waals surface area contributed by atoms with Crippen LogP contribution in [-0.2, 0) is 0 Å². The van der Waals surface area contributed by atoms with Crippen molar-refractivity contribution in [2.45, 2.75) is 25.5 Å². The Labute approximate surface area is 120 Å². The van der Waals surface area contributed by atoms with Crippen LogP contribution in [0.4, 0.5) is 5.69 Å². The lowest BCUT2D eigenvalue weighted by molar-refractivity contribution is 0.0481. The molecule has 112 valence electrons. The summed E-state index contributed by atoms with van der Waals surface area (Å²) in [5.74, 6) is 1.18. The minimum Gasteiger partial charge on any atom is -0.491 e. The van der Waals surface area contributed by atoms with Crippen molar-refractivity contribution in [2.24, 2.45) is 5.92 Å². The Morgan fingerprint density at radius 3 is 2.75 bits per heavy atom. The molecule has 5 nitrogen and oxygen atoms in total. The molecule has 0 spiro atoms. The zero-order valence-corrected chi connectivity index (χ0v) is 11.9. The van der Waals surface area contributed by atoms with Crippen molar-refractivity contribution >= 4 is 5.69 Å². The maximum Gasteiger partial charge on any atom is 0.119 e. The molecule has 1 saturated heterocycles. The third-order valence-corrected chi connectivity index (χ3v) is 3.95. The van der Waals surface area contributed by atoms with E-state index in [0.29, 0.717) is 23.9 Å². The van der Waals surface area contributed by atoms with Crippen LogP contribution in [-0.4, -0.2) is 53.6 Å². The lowest BCUT2D eigenvalue weighted by Crippen LogP contribution is -2.41. The van der Waals surface area contributed by atoms with Gasteiger partial charge in [0.2, 0.25) is 0 Å². The van der Waals surface area contributed by atoms with E-state index in [-0.39, 0.29) is 19.3 Å². The van der Waals surface area contributed by atoms with Gasteiger partial charge in [0.1, 0.15) is 18.5 Å². The summed E-state index contributed by atoms with van der Waals surface area (Å²) in [5, 5.41) is 19.4. The van der Waals surface area contributed by atoms with Crippen LogP contribution in [0.5, 0.6) is 5.75 Å². The molecule has 0 aliphatic carbocycles. The molecule has 0 aromatic heterocycles. The minimum atomic E-state index is -0.563. The summed E-state index contributed by atoms with van der Waals surface area (Å²) in [6.45, 7) is 3.98. The quantitative estimate of drug-likeness (QED) is 0.669. The Morgan fingerprint density at radius 2 is 2.10 bits per heavy atom. The molecule has 3 unspecified atom stereocenters. The smallest absolute Gasteiger partial charge is 0.119 e. The molecule has 2 rings (SSSR count). The molecular weight excluding hydrogens is 256 g/mol. The lowest BCUT2D eigenvalue weighted by atomic mass is 10.0. The normalized spacial score (nSPS) is 24.8. The van der Waals surface area contributed by atoms with Crippen LogP contribution >= 0.6 is 0 Å². The van der Waals surface area contributed by atoms with E-state index in [9.17, 15) is 10.2 Å². The highest BCUT2D eigenvalue weighted by Crippen LogP contribution is 2.23. The van der Waals surface area contributed by atoms with Crippen LogP contribution < -0.4 is 10.5 Å². The second-order valence-electron chi connectivity index (χ2n) is 5.54. The predicted molar refractivity (Wildman–Crippen MR) is 78.6 cm³/mol. The first-order valence-electron chi connectivity index (χ1n) is 7.11. The average Bonchev–Trinajstić information content (AvgIpc) is 2.78. The number of nitrogens with zero attached hydrogens (tertiary/aromatic N) is 1. The molecule has 3 atom stereocenters. The van der Waals surface area contributed by atoms with Gasteiger partial charge in [0, 0.05) is 18.3 Å². The molecule has 1 heterocycles. The van der Waals surface area contributed by atoms with Crippen molar-refractivity contribution in [2.75, 3.05) is 32.0 Å². The Balaban J connectivity index is 1.78. The molecule has 1 aromatic rings. The number of anilines is 1. The van der Waals surface area contributed by atoms with Gasteiger partial charge in [0.15, 0.2) is 0 Å². The predicted octanol–water partition coefficient (Wildman–Crippen LogP) is 0.711. The number of hydrogen-bond donors (Lipinski definition) is 3. The van der Waals surface area contributed by atoms with Crippen molar-refractivity contribution in [1.82, 2.24) is 4.90 Å². The third kappa shape index (κ3) is 3.85. The summed E-state index contributed by atoms with van der Waals surface area (Å²) >= 11 is 0. The Kier molecular flexibility index (Phi) is 5.23. The topological polar surface area (TPSA) is 79.0 Å². The zero-order chi connectivity index (χ0) is 14.5. The summed E-state index contributed by atoms with van der Waals surface area (Å²) in [6, 6.07) is 7.27. The van der Waals surface area contributed by atoms with Crippen LogP contribution in [0.1, 0.15) is 13.3 Å². The monoisotopic (exact) mass is 280 g/mol. The van der Waals surface area contributed by atoms with Gasteiger partial charge in [0.05, 0.1) is 6.61 Å². The summed E-state index contributed by atoms with van der Waals surface area (Å²) in [6.07, 6.45) is 0.503. The van der Waals surface area contributed by atoms with Crippen LogP contribution in [0.2, 0.25) is 0 Å². The Morgan fingerprint density at radius 1 is 1.40 bits per heavy atom. The molecule has 1 aliphatic heterocycles. The average molecular weight is 280 g/mol. The number of likely N-dealkylation sites (tertiary alicyclic amines) is 1. The van der Waals surface area contributed by atoms with Crippen molar-refractivity contribution in [3.63, 3.8) is 0 Å².